The summed E-state index contributed by atoms with van der Waals surface area (Å²) in [6.07, 6.45) is 1.63. The number of aliphatic hydroxyl groups is 1. The van der Waals surface area contributed by atoms with Crippen LogP contribution in [0.3, 0.4) is 0 Å². The van der Waals surface area contributed by atoms with Gasteiger partial charge in [-0.25, -0.2) is 4.79 Å². The first kappa shape index (κ1) is 23.2. The van der Waals surface area contributed by atoms with E-state index in [0.29, 0.717) is 13.2 Å². The SMILES string of the molecule is CC(O)CCCNc1ccc2c(c1)CC(CNC(=O)OCC1c3ccccc3-c3ccccc31)O2. The van der Waals surface area contributed by atoms with Gasteiger partial charge in [-0.3, -0.25) is 0 Å². The van der Waals surface area contributed by atoms with Crippen LogP contribution in [0.15, 0.2) is 66.7 Å². The Labute approximate surface area is 206 Å². The number of hydrogen-bond donors (Lipinski definition) is 3. The fourth-order valence-corrected chi connectivity index (χ4v) is 5.02. The van der Waals surface area contributed by atoms with Crippen LogP contribution in [-0.2, 0) is 11.2 Å². The standard InChI is InChI=1S/C29H32N2O4/c1-19(32)7-6-14-30-21-12-13-28-20(15-21)16-22(35-28)17-31-29(33)34-18-27-25-10-4-2-8-23(25)24-9-3-5-11-26(24)27/h2-5,8-13,15,19,22,27,30,32H,6-7,14,16-18H2,1H3,(H,31,33). The molecule has 182 valence electrons. The molecular weight excluding hydrogens is 440 g/mol. The number of anilines is 1. The van der Waals surface area contributed by atoms with Crippen molar-refractivity contribution in [3.63, 3.8) is 0 Å². The summed E-state index contributed by atoms with van der Waals surface area (Å²) in [4.78, 5) is 12.5. The fourth-order valence-electron chi connectivity index (χ4n) is 5.02. The molecular formula is C29H32N2O4. The lowest BCUT2D eigenvalue weighted by Gasteiger charge is -2.16. The van der Waals surface area contributed by atoms with Crippen molar-refractivity contribution in [1.29, 1.82) is 0 Å². The van der Waals surface area contributed by atoms with E-state index in [4.69, 9.17) is 9.47 Å². The van der Waals surface area contributed by atoms with E-state index >= 15 is 0 Å². The molecule has 3 aromatic carbocycles. The summed E-state index contributed by atoms with van der Waals surface area (Å²) < 4.78 is 11.6. The average Bonchev–Trinajstić information content (AvgIpc) is 3.42. The highest BCUT2D eigenvalue weighted by Crippen LogP contribution is 2.44. The third-order valence-electron chi connectivity index (χ3n) is 6.75. The van der Waals surface area contributed by atoms with Gasteiger partial charge in [0.25, 0.3) is 0 Å². The maximum Gasteiger partial charge on any atom is 0.407 e. The van der Waals surface area contributed by atoms with Gasteiger partial charge in [0, 0.05) is 24.6 Å². The molecule has 0 bridgehead atoms. The number of alkyl carbamates (subject to hydrolysis) is 1. The summed E-state index contributed by atoms with van der Waals surface area (Å²) in [5, 5.41) is 15.6. The van der Waals surface area contributed by atoms with E-state index in [1.807, 2.05) is 43.3 Å². The van der Waals surface area contributed by atoms with Crippen molar-refractivity contribution in [1.82, 2.24) is 5.32 Å². The van der Waals surface area contributed by atoms with Gasteiger partial charge in [-0.05, 0) is 65.8 Å². The average molecular weight is 473 g/mol. The largest absolute Gasteiger partial charge is 0.488 e. The van der Waals surface area contributed by atoms with Gasteiger partial charge in [-0.1, -0.05) is 48.5 Å². The molecule has 0 aromatic heterocycles. The van der Waals surface area contributed by atoms with E-state index in [-0.39, 0.29) is 18.1 Å². The van der Waals surface area contributed by atoms with Gasteiger partial charge in [0.05, 0.1) is 12.6 Å². The summed E-state index contributed by atoms with van der Waals surface area (Å²) in [5.41, 5.74) is 7.00. The normalized spacial score (nSPS) is 16.6. The molecule has 0 fully saturated rings. The van der Waals surface area contributed by atoms with Crippen molar-refractivity contribution in [3.05, 3.63) is 83.4 Å². The number of nitrogens with one attached hydrogen (secondary N) is 2. The third kappa shape index (κ3) is 5.28. The van der Waals surface area contributed by atoms with Crippen molar-refractivity contribution in [2.75, 3.05) is 25.0 Å². The Bertz CT molecular complexity index is 1150. The van der Waals surface area contributed by atoms with E-state index in [0.717, 1.165) is 42.8 Å². The minimum Gasteiger partial charge on any atom is -0.488 e. The molecule has 6 nitrogen and oxygen atoms in total. The number of aliphatic hydroxyl groups excluding tert-OH is 1. The molecule has 3 N–H and O–H groups in total. The van der Waals surface area contributed by atoms with Gasteiger partial charge in [-0.2, -0.15) is 0 Å². The molecule has 6 heteroatoms. The summed E-state index contributed by atoms with van der Waals surface area (Å²) >= 11 is 0. The van der Waals surface area contributed by atoms with Crippen LogP contribution in [0.5, 0.6) is 5.75 Å². The van der Waals surface area contributed by atoms with Crippen LogP contribution >= 0.6 is 0 Å². The predicted molar refractivity (Wildman–Crippen MR) is 137 cm³/mol. The zero-order valence-corrected chi connectivity index (χ0v) is 20.0. The van der Waals surface area contributed by atoms with E-state index in [9.17, 15) is 9.90 Å². The Hall–Kier alpha value is -3.51. The monoisotopic (exact) mass is 472 g/mol. The lowest BCUT2D eigenvalue weighted by molar-refractivity contribution is 0.136. The number of rotatable bonds is 9. The van der Waals surface area contributed by atoms with Crippen molar-refractivity contribution >= 4 is 11.8 Å². The Morgan fingerprint density at radius 1 is 1.09 bits per heavy atom. The zero-order valence-electron chi connectivity index (χ0n) is 20.0. The number of carbonyl (C=O) groups excluding carboxylic acids is 1. The van der Waals surface area contributed by atoms with Crippen LogP contribution in [0.4, 0.5) is 10.5 Å². The quantitative estimate of drug-likeness (QED) is 0.378. The molecule has 0 radical (unpaired) electrons. The number of hydrogen-bond acceptors (Lipinski definition) is 5. The summed E-state index contributed by atoms with van der Waals surface area (Å²) in [5.74, 6) is 0.908. The summed E-state index contributed by atoms with van der Waals surface area (Å²) in [6, 6.07) is 22.7. The first-order chi connectivity index (χ1) is 17.1. The Morgan fingerprint density at radius 2 is 1.80 bits per heavy atom. The molecule has 2 unspecified atom stereocenters. The molecule has 3 aromatic rings. The number of benzene rings is 3. The molecule has 35 heavy (non-hydrogen) atoms. The van der Waals surface area contributed by atoms with Crippen LogP contribution in [0.1, 0.15) is 42.4 Å². The number of carbonyl (C=O) groups is 1. The van der Waals surface area contributed by atoms with Crippen LogP contribution in [0.25, 0.3) is 11.1 Å². The molecule has 0 spiro atoms. The Morgan fingerprint density at radius 3 is 2.51 bits per heavy atom. The van der Waals surface area contributed by atoms with E-state index < -0.39 is 6.09 Å². The molecule has 1 heterocycles. The Kier molecular flexibility index (Phi) is 6.91. The second kappa shape index (κ2) is 10.4. The van der Waals surface area contributed by atoms with Crippen LogP contribution in [0, 0.1) is 0 Å². The molecule has 1 aliphatic heterocycles. The fraction of sp³-hybridized carbons (Fsp3) is 0.345. The maximum atomic E-state index is 12.5. The molecule has 2 aliphatic rings. The van der Waals surface area contributed by atoms with E-state index in [2.05, 4.69) is 41.0 Å². The van der Waals surface area contributed by atoms with Crippen LogP contribution in [0.2, 0.25) is 0 Å². The first-order valence-corrected chi connectivity index (χ1v) is 12.4. The van der Waals surface area contributed by atoms with Gasteiger partial charge in [-0.15, -0.1) is 0 Å². The Balaban J connectivity index is 1.10. The first-order valence-electron chi connectivity index (χ1n) is 12.4. The number of ether oxygens (including phenoxy) is 2. The van der Waals surface area contributed by atoms with Crippen molar-refractivity contribution in [3.8, 4) is 16.9 Å². The van der Waals surface area contributed by atoms with Crippen molar-refractivity contribution in [2.45, 2.75) is 44.3 Å². The van der Waals surface area contributed by atoms with Gasteiger partial charge in [0.15, 0.2) is 0 Å². The summed E-state index contributed by atoms with van der Waals surface area (Å²) in [7, 11) is 0. The summed E-state index contributed by atoms with van der Waals surface area (Å²) in [6.45, 7) is 3.32. The second-order valence-electron chi connectivity index (χ2n) is 9.39. The van der Waals surface area contributed by atoms with Crippen molar-refractivity contribution in [2.24, 2.45) is 0 Å². The second-order valence-corrected chi connectivity index (χ2v) is 9.39. The minimum atomic E-state index is -0.424. The minimum absolute atomic E-state index is 0.0478. The highest BCUT2D eigenvalue weighted by molar-refractivity contribution is 5.79. The van der Waals surface area contributed by atoms with Gasteiger partial charge >= 0.3 is 6.09 Å². The molecule has 0 saturated carbocycles. The van der Waals surface area contributed by atoms with Gasteiger partial charge in [0.1, 0.15) is 18.5 Å². The van der Waals surface area contributed by atoms with Crippen LogP contribution < -0.4 is 15.4 Å². The number of amides is 1. The zero-order chi connectivity index (χ0) is 24.2. The van der Waals surface area contributed by atoms with E-state index in [1.54, 1.807) is 0 Å². The highest BCUT2D eigenvalue weighted by atomic mass is 16.5. The smallest absolute Gasteiger partial charge is 0.407 e. The topological polar surface area (TPSA) is 79.8 Å². The van der Waals surface area contributed by atoms with E-state index in [1.165, 1.54) is 22.3 Å². The van der Waals surface area contributed by atoms with Gasteiger partial charge in [0.2, 0.25) is 0 Å². The molecule has 0 saturated heterocycles. The molecule has 1 aliphatic carbocycles. The highest BCUT2D eigenvalue weighted by Gasteiger charge is 2.29. The van der Waals surface area contributed by atoms with Crippen LogP contribution in [-0.4, -0.2) is 43.1 Å². The maximum absolute atomic E-state index is 12.5. The molecule has 5 rings (SSSR count). The third-order valence-corrected chi connectivity index (χ3v) is 6.75. The number of fused-ring (bicyclic) bond motifs is 4. The predicted octanol–water partition coefficient (Wildman–Crippen LogP) is 5.10. The lowest BCUT2D eigenvalue weighted by Crippen LogP contribution is -2.35. The van der Waals surface area contributed by atoms with Gasteiger partial charge < -0.3 is 25.2 Å². The molecule has 1 amide bonds. The lowest BCUT2D eigenvalue weighted by atomic mass is 9.98. The molecule has 2 atom stereocenters. The van der Waals surface area contributed by atoms with Crippen molar-refractivity contribution < 1.29 is 19.4 Å².